The van der Waals surface area contributed by atoms with Crippen LogP contribution in [0.15, 0.2) is 0 Å². The summed E-state index contributed by atoms with van der Waals surface area (Å²) in [5.74, 6) is 0.601. The van der Waals surface area contributed by atoms with Gasteiger partial charge in [-0.1, -0.05) is 6.42 Å². The van der Waals surface area contributed by atoms with E-state index in [0.29, 0.717) is 5.91 Å². The summed E-state index contributed by atoms with van der Waals surface area (Å²) in [6, 6.07) is 0. The van der Waals surface area contributed by atoms with Crippen molar-refractivity contribution in [2.75, 3.05) is 33.4 Å². The molecule has 110 valence electrons. The SMILES string of the molecule is COCCC[C@@]1(CO)CCCN(C(=O)C2CCC2)C1. The van der Waals surface area contributed by atoms with E-state index in [1.165, 1.54) is 6.42 Å². The van der Waals surface area contributed by atoms with E-state index in [2.05, 4.69) is 0 Å². The molecule has 19 heavy (non-hydrogen) atoms. The number of methoxy groups -OCH3 is 1. The first-order valence-corrected chi connectivity index (χ1v) is 7.59. The number of piperidine rings is 1. The van der Waals surface area contributed by atoms with Crippen molar-refractivity contribution in [3.05, 3.63) is 0 Å². The predicted molar refractivity (Wildman–Crippen MR) is 73.8 cm³/mol. The van der Waals surface area contributed by atoms with Gasteiger partial charge < -0.3 is 14.7 Å². The molecule has 0 unspecified atom stereocenters. The predicted octanol–water partition coefficient (Wildman–Crippen LogP) is 1.81. The summed E-state index contributed by atoms with van der Waals surface area (Å²) in [6.45, 7) is 2.54. The average Bonchev–Trinajstić information content (AvgIpc) is 2.37. The molecule has 4 heteroatoms. The number of hydrogen-bond donors (Lipinski definition) is 1. The van der Waals surface area contributed by atoms with E-state index >= 15 is 0 Å². The van der Waals surface area contributed by atoms with E-state index in [0.717, 1.165) is 58.2 Å². The van der Waals surface area contributed by atoms with Crippen LogP contribution in [-0.4, -0.2) is 49.3 Å². The Labute approximate surface area is 116 Å². The third kappa shape index (κ3) is 3.48. The molecule has 1 heterocycles. The third-order valence-electron chi connectivity index (χ3n) is 4.82. The zero-order valence-corrected chi connectivity index (χ0v) is 12.1. The Morgan fingerprint density at radius 2 is 2.21 bits per heavy atom. The van der Waals surface area contributed by atoms with Crippen LogP contribution in [0.2, 0.25) is 0 Å². The molecule has 2 rings (SSSR count). The van der Waals surface area contributed by atoms with Gasteiger partial charge >= 0.3 is 0 Å². The molecule has 1 amide bonds. The second-order valence-corrected chi connectivity index (χ2v) is 6.25. The number of carbonyl (C=O) groups is 1. The monoisotopic (exact) mass is 269 g/mol. The molecule has 1 N–H and O–H groups in total. The molecular formula is C15H27NO3. The lowest BCUT2D eigenvalue weighted by Crippen LogP contribution is -2.50. The first-order chi connectivity index (χ1) is 9.21. The molecular weight excluding hydrogens is 242 g/mol. The van der Waals surface area contributed by atoms with Crippen molar-refractivity contribution >= 4 is 5.91 Å². The van der Waals surface area contributed by atoms with Gasteiger partial charge in [0.25, 0.3) is 0 Å². The summed E-state index contributed by atoms with van der Waals surface area (Å²) in [6.07, 6.45) is 7.28. The number of carbonyl (C=O) groups excluding carboxylic acids is 1. The standard InChI is InChI=1S/C15H27NO3/c1-19-10-4-8-15(12-17)7-3-9-16(11-15)14(18)13-5-2-6-13/h13,17H,2-12H2,1H3/t15-/m0/s1. The van der Waals surface area contributed by atoms with E-state index in [-0.39, 0.29) is 17.9 Å². The van der Waals surface area contributed by atoms with E-state index in [4.69, 9.17) is 4.74 Å². The Hall–Kier alpha value is -0.610. The molecule has 1 saturated heterocycles. The summed E-state index contributed by atoms with van der Waals surface area (Å²) < 4.78 is 5.10. The van der Waals surface area contributed by atoms with Gasteiger partial charge in [-0.2, -0.15) is 0 Å². The molecule has 0 aromatic heterocycles. The highest BCUT2D eigenvalue weighted by atomic mass is 16.5. The molecule has 1 aliphatic heterocycles. The van der Waals surface area contributed by atoms with Crippen LogP contribution in [0.25, 0.3) is 0 Å². The molecule has 2 aliphatic rings. The van der Waals surface area contributed by atoms with Crippen LogP contribution >= 0.6 is 0 Å². The maximum absolute atomic E-state index is 12.3. The highest BCUT2D eigenvalue weighted by molar-refractivity contribution is 5.79. The van der Waals surface area contributed by atoms with Crippen molar-refractivity contribution in [3.8, 4) is 0 Å². The number of likely N-dealkylation sites (tertiary alicyclic amines) is 1. The first-order valence-electron chi connectivity index (χ1n) is 7.59. The Morgan fingerprint density at radius 1 is 1.42 bits per heavy atom. The lowest BCUT2D eigenvalue weighted by molar-refractivity contribution is -0.142. The molecule has 0 aromatic rings. The van der Waals surface area contributed by atoms with Crippen molar-refractivity contribution in [2.24, 2.45) is 11.3 Å². The largest absolute Gasteiger partial charge is 0.396 e. The molecule has 2 fully saturated rings. The van der Waals surface area contributed by atoms with Gasteiger partial charge in [-0.05, 0) is 38.5 Å². The fourth-order valence-electron chi connectivity index (χ4n) is 3.31. The summed E-state index contributed by atoms with van der Waals surface area (Å²) >= 11 is 0. The smallest absolute Gasteiger partial charge is 0.225 e. The van der Waals surface area contributed by atoms with Crippen LogP contribution in [0.3, 0.4) is 0 Å². The number of ether oxygens (including phenoxy) is 1. The second-order valence-electron chi connectivity index (χ2n) is 6.25. The summed E-state index contributed by atoms with van der Waals surface area (Å²) in [5, 5.41) is 9.77. The van der Waals surface area contributed by atoms with Gasteiger partial charge in [0, 0.05) is 38.1 Å². The summed E-state index contributed by atoms with van der Waals surface area (Å²) in [5.41, 5.74) is -0.0871. The first kappa shape index (κ1) is 14.8. The van der Waals surface area contributed by atoms with Crippen LogP contribution in [0.4, 0.5) is 0 Å². The van der Waals surface area contributed by atoms with Crippen molar-refractivity contribution in [2.45, 2.75) is 44.9 Å². The van der Waals surface area contributed by atoms with Crippen LogP contribution in [0.5, 0.6) is 0 Å². The lowest BCUT2D eigenvalue weighted by Gasteiger charge is -2.44. The summed E-state index contributed by atoms with van der Waals surface area (Å²) in [7, 11) is 1.71. The third-order valence-corrected chi connectivity index (χ3v) is 4.82. The molecule has 0 bridgehead atoms. The van der Waals surface area contributed by atoms with Crippen molar-refractivity contribution in [1.29, 1.82) is 0 Å². The van der Waals surface area contributed by atoms with E-state index in [1.54, 1.807) is 7.11 Å². The molecule has 1 atom stereocenters. The quantitative estimate of drug-likeness (QED) is 0.748. The Morgan fingerprint density at radius 3 is 2.79 bits per heavy atom. The van der Waals surface area contributed by atoms with Crippen LogP contribution in [0, 0.1) is 11.3 Å². The van der Waals surface area contributed by atoms with Gasteiger partial charge in [0.15, 0.2) is 0 Å². The fraction of sp³-hybridized carbons (Fsp3) is 0.933. The zero-order valence-electron chi connectivity index (χ0n) is 12.1. The molecule has 1 aliphatic carbocycles. The number of aliphatic hydroxyl groups excluding tert-OH is 1. The van der Waals surface area contributed by atoms with Gasteiger partial charge in [0.2, 0.25) is 5.91 Å². The van der Waals surface area contributed by atoms with E-state index in [9.17, 15) is 9.90 Å². The van der Waals surface area contributed by atoms with Gasteiger partial charge in [-0.15, -0.1) is 0 Å². The minimum absolute atomic E-state index is 0.0871. The van der Waals surface area contributed by atoms with Crippen LogP contribution in [-0.2, 0) is 9.53 Å². The van der Waals surface area contributed by atoms with E-state index < -0.39 is 0 Å². The van der Waals surface area contributed by atoms with Crippen molar-refractivity contribution in [1.82, 2.24) is 4.90 Å². The topological polar surface area (TPSA) is 49.8 Å². The Balaban J connectivity index is 1.90. The lowest BCUT2D eigenvalue weighted by atomic mass is 9.76. The Bertz CT molecular complexity index is 304. The number of rotatable bonds is 6. The number of nitrogens with zero attached hydrogens (tertiary/aromatic N) is 1. The molecule has 0 radical (unpaired) electrons. The molecule has 4 nitrogen and oxygen atoms in total. The zero-order chi connectivity index (χ0) is 13.7. The minimum Gasteiger partial charge on any atom is -0.396 e. The maximum atomic E-state index is 12.3. The highest BCUT2D eigenvalue weighted by Crippen LogP contribution is 2.36. The molecule has 0 spiro atoms. The fourth-order valence-corrected chi connectivity index (χ4v) is 3.31. The number of hydrogen-bond acceptors (Lipinski definition) is 3. The molecule has 0 aromatic carbocycles. The maximum Gasteiger partial charge on any atom is 0.225 e. The van der Waals surface area contributed by atoms with Gasteiger partial charge in [-0.3, -0.25) is 4.79 Å². The highest BCUT2D eigenvalue weighted by Gasteiger charge is 2.38. The van der Waals surface area contributed by atoms with Gasteiger partial charge in [0.1, 0.15) is 0 Å². The van der Waals surface area contributed by atoms with Gasteiger partial charge in [-0.25, -0.2) is 0 Å². The second kappa shape index (κ2) is 6.71. The number of aliphatic hydroxyl groups is 1. The normalized spacial score (nSPS) is 28.2. The Kier molecular flexibility index (Phi) is 5.22. The van der Waals surface area contributed by atoms with Crippen LogP contribution < -0.4 is 0 Å². The van der Waals surface area contributed by atoms with Crippen molar-refractivity contribution in [3.63, 3.8) is 0 Å². The molecule has 1 saturated carbocycles. The van der Waals surface area contributed by atoms with E-state index in [1.807, 2.05) is 4.90 Å². The van der Waals surface area contributed by atoms with Crippen molar-refractivity contribution < 1.29 is 14.6 Å². The average molecular weight is 269 g/mol. The summed E-state index contributed by atoms with van der Waals surface area (Å²) in [4.78, 5) is 14.3. The minimum atomic E-state index is -0.0871. The number of amides is 1. The van der Waals surface area contributed by atoms with Crippen LogP contribution in [0.1, 0.15) is 44.9 Å². The van der Waals surface area contributed by atoms with Gasteiger partial charge in [0.05, 0.1) is 6.61 Å².